The molecule has 3 aromatic rings. The molecule has 0 saturated heterocycles. The number of nitrogens with zero attached hydrogens (tertiary/aromatic N) is 3. The molecule has 0 radical (unpaired) electrons. The normalized spacial score (nSPS) is 10.8. The van der Waals surface area contributed by atoms with E-state index in [9.17, 15) is 0 Å². The van der Waals surface area contributed by atoms with E-state index < -0.39 is 0 Å². The fourth-order valence-corrected chi connectivity index (χ4v) is 1.94. The first-order valence-electron chi connectivity index (χ1n) is 5.81. The lowest BCUT2D eigenvalue weighted by molar-refractivity contribution is 0.415. The average Bonchev–Trinajstić information content (AvgIpc) is 2.83. The number of hydrogen-bond donors (Lipinski definition) is 2. The summed E-state index contributed by atoms with van der Waals surface area (Å²) in [5.41, 5.74) is 8.75. The summed E-state index contributed by atoms with van der Waals surface area (Å²) in [6, 6.07) is 7.64. The SMILES string of the molecule is COc1ccc(-c2nc3nc(N)nc(C)c3[nH]2)cc1. The summed E-state index contributed by atoms with van der Waals surface area (Å²) in [7, 11) is 1.64. The lowest BCUT2D eigenvalue weighted by Crippen LogP contribution is -1.96. The van der Waals surface area contributed by atoms with Gasteiger partial charge in [-0.2, -0.15) is 4.98 Å². The molecule has 0 unspecified atom stereocenters. The number of nitrogen functional groups attached to an aromatic ring is 1. The van der Waals surface area contributed by atoms with Gasteiger partial charge in [-0.25, -0.2) is 9.97 Å². The van der Waals surface area contributed by atoms with Gasteiger partial charge in [-0.05, 0) is 31.2 Å². The molecule has 19 heavy (non-hydrogen) atoms. The summed E-state index contributed by atoms with van der Waals surface area (Å²) in [6.45, 7) is 1.87. The molecule has 0 bridgehead atoms. The van der Waals surface area contributed by atoms with Gasteiger partial charge in [-0.3, -0.25) is 0 Å². The molecule has 0 amide bonds. The highest BCUT2D eigenvalue weighted by atomic mass is 16.5. The van der Waals surface area contributed by atoms with Crippen LogP contribution in [0.3, 0.4) is 0 Å². The van der Waals surface area contributed by atoms with E-state index in [-0.39, 0.29) is 5.95 Å². The molecule has 0 fully saturated rings. The van der Waals surface area contributed by atoms with Gasteiger partial charge in [0.15, 0.2) is 5.65 Å². The number of benzene rings is 1. The number of ether oxygens (including phenoxy) is 1. The number of rotatable bonds is 2. The van der Waals surface area contributed by atoms with E-state index >= 15 is 0 Å². The van der Waals surface area contributed by atoms with Crippen LogP contribution in [0.5, 0.6) is 5.75 Å². The Morgan fingerprint density at radius 3 is 2.53 bits per heavy atom. The van der Waals surface area contributed by atoms with E-state index in [1.807, 2.05) is 31.2 Å². The lowest BCUT2D eigenvalue weighted by Gasteiger charge is -2.00. The van der Waals surface area contributed by atoms with Crippen LogP contribution in [-0.2, 0) is 0 Å². The molecule has 2 aromatic heterocycles. The minimum atomic E-state index is 0.234. The Morgan fingerprint density at radius 1 is 1.11 bits per heavy atom. The van der Waals surface area contributed by atoms with E-state index in [2.05, 4.69) is 19.9 Å². The molecule has 0 aliphatic carbocycles. The first-order valence-corrected chi connectivity index (χ1v) is 5.81. The van der Waals surface area contributed by atoms with E-state index in [4.69, 9.17) is 10.5 Å². The summed E-state index contributed by atoms with van der Waals surface area (Å²) < 4.78 is 5.13. The summed E-state index contributed by atoms with van der Waals surface area (Å²) in [6.07, 6.45) is 0. The van der Waals surface area contributed by atoms with Gasteiger partial charge in [0.05, 0.1) is 12.8 Å². The standard InChI is InChI=1S/C13H13N5O/c1-7-10-12(18-13(14)15-7)17-11(16-10)8-3-5-9(19-2)6-4-8/h3-6H,1-2H3,(H3,14,15,16,17,18). The van der Waals surface area contributed by atoms with Crippen molar-refractivity contribution in [1.29, 1.82) is 0 Å². The first kappa shape index (κ1) is 11.5. The van der Waals surface area contributed by atoms with Crippen LogP contribution in [0.15, 0.2) is 24.3 Å². The molecule has 6 heteroatoms. The van der Waals surface area contributed by atoms with Crippen molar-refractivity contribution in [3.63, 3.8) is 0 Å². The van der Waals surface area contributed by atoms with Gasteiger partial charge < -0.3 is 15.5 Å². The predicted octanol–water partition coefficient (Wildman–Crippen LogP) is 1.92. The Kier molecular flexibility index (Phi) is 2.56. The summed E-state index contributed by atoms with van der Waals surface area (Å²) in [5, 5.41) is 0. The molecule has 0 spiro atoms. The summed E-state index contributed by atoms with van der Waals surface area (Å²) >= 11 is 0. The van der Waals surface area contributed by atoms with Gasteiger partial charge in [-0.1, -0.05) is 0 Å². The van der Waals surface area contributed by atoms with Crippen molar-refractivity contribution < 1.29 is 4.74 Å². The van der Waals surface area contributed by atoms with Crippen molar-refractivity contribution in [2.75, 3.05) is 12.8 Å². The third-order valence-corrected chi connectivity index (χ3v) is 2.91. The smallest absolute Gasteiger partial charge is 0.222 e. The second-order valence-electron chi connectivity index (χ2n) is 4.18. The van der Waals surface area contributed by atoms with Crippen LogP contribution < -0.4 is 10.5 Å². The molecule has 0 saturated carbocycles. The second kappa shape index (κ2) is 4.24. The monoisotopic (exact) mass is 255 g/mol. The van der Waals surface area contributed by atoms with E-state index in [1.165, 1.54) is 0 Å². The van der Waals surface area contributed by atoms with Crippen LogP contribution in [0.2, 0.25) is 0 Å². The minimum absolute atomic E-state index is 0.234. The number of nitrogens with one attached hydrogen (secondary N) is 1. The molecule has 1 aromatic carbocycles. The van der Waals surface area contributed by atoms with Crippen molar-refractivity contribution in [3.8, 4) is 17.1 Å². The third-order valence-electron chi connectivity index (χ3n) is 2.91. The number of imidazole rings is 1. The highest BCUT2D eigenvalue weighted by molar-refractivity contribution is 5.78. The first-order chi connectivity index (χ1) is 9.17. The Morgan fingerprint density at radius 2 is 1.84 bits per heavy atom. The van der Waals surface area contributed by atoms with Gasteiger partial charge in [0, 0.05) is 5.56 Å². The number of hydrogen-bond acceptors (Lipinski definition) is 5. The van der Waals surface area contributed by atoms with E-state index in [0.717, 1.165) is 28.3 Å². The van der Waals surface area contributed by atoms with Crippen LogP contribution in [0.1, 0.15) is 5.69 Å². The van der Waals surface area contributed by atoms with Gasteiger partial charge in [0.2, 0.25) is 5.95 Å². The molecule has 6 nitrogen and oxygen atoms in total. The molecular weight excluding hydrogens is 242 g/mol. The lowest BCUT2D eigenvalue weighted by atomic mass is 10.2. The Hall–Kier alpha value is -2.63. The number of fused-ring (bicyclic) bond motifs is 1. The van der Waals surface area contributed by atoms with Crippen molar-refractivity contribution in [1.82, 2.24) is 19.9 Å². The van der Waals surface area contributed by atoms with Crippen LogP contribution in [0.4, 0.5) is 5.95 Å². The average molecular weight is 255 g/mol. The van der Waals surface area contributed by atoms with Crippen molar-refractivity contribution >= 4 is 17.1 Å². The minimum Gasteiger partial charge on any atom is -0.497 e. The van der Waals surface area contributed by atoms with Gasteiger partial charge in [0.1, 0.15) is 17.1 Å². The van der Waals surface area contributed by atoms with Crippen LogP contribution in [-0.4, -0.2) is 27.0 Å². The van der Waals surface area contributed by atoms with Crippen molar-refractivity contribution in [3.05, 3.63) is 30.0 Å². The number of aromatic nitrogens is 4. The van der Waals surface area contributed by atoms with Gasteiger partial charge >= 0.3 is 0 Å². The zero-order chi connectivity index (χ0) is 13.4. The molecular formula is C13H13N5O. The van der Waals surface area contributed by atoms with Crippen molar-refractivity contribution in [2.45, 2.75) is 6.92 Å². The zero-order valence-corrected chi connectivity index (χ0v) is 10.6. The van der Waals surface area contributed by atoms with Gasteiger partial charge in [-0.15, -0.1) is 0 Å². The third kappa shape index (κ3) is 1.97. The maximum absolute atomic E-state index is 5.62. The van der Waals surface area contributed by atoms with Crippen LogP contribution in [0, 0.1) is 6.92 Å². The number of aromatic amines is 1. The highest BCUT2D eigenvalue weighted by Gasteiger charge is 2.10. The summed E-state index contributed by atoms with van der Waals surface area (Å²) in [5.74, 6) is 1.78. The maximum Gasteiger partial charge on any atom is 0.222 e. The fourth-order valence-electron chi connectivity index (χ4n) is 1.94. The largest absolute Gasteiger partial charge is 0.497 e. The van der Waals surface area contributed by atoms with Gasteiger partial charge in [0.25, 0.3) is 0 Å². The highest BCUT2D eigenvalue weighted by Crippen LogP contribution is 2.23. The number of nitrogens with two attached hydrogens (primary N) is 1. The Bertz CT molecular complexity index is 733. The number of methoxy groups -OCH3 is 1. The fraction of sp³-hybridized carbons (Fsp3) is 0.154. The summed E-state index contributed by atoms with van der Waals surface area (Å²) in [4.78, 5) is 15.9. The number of H-pyrrole nitrogens is 1. The van der Waals surface area contributed by atoms with E-state index in [0.29, 0.717) is 5.65 Å². The quantitative estimate of drug-likeness (QED) is 0.730. The predicted molar refractivity (Wildman–Crippen MR) is 72.8 cm³/mol. The topological polar surface area (TPSA) is 89.7 Å². The van der Waals surface area contributed by atoms with Crippen LogP contribution in [0.25, 0.3) is 22.6 Å². The molecule has 96 valence electrons. The molecule has 0 aliphatic heterocycles. The molecule has 0 aliphatic rings. The van der Waals surface area contributed by atoms with Crippen LogP contribution >= 0.6 is 0 Å². The van der Waals surface area contributed by atoms with Crippen molar-refractivity contribution in [2.24, 2.45) is 0 Å². The molecule has 2 heterocycles. The zero-order valence-electron chi connectivity index (χ0n) is 10.6. The van der Waals surface area contributed by atoms with E-state index in [1.54, 1.807) is 7.11 Å². The number of anilines is 1. The number of aryl methyl sites for hydroxylation is 1. The maximum atomic E-state index is 5.62. The molecule has 3 rings (SSSR count). The second-order valence-corrected chi connectivity index (χ2v) is 4.18. The Labute approximate surface area is 109 Å². The Balaban J connectivity index is 2.12. The molecule has 0 atom stereocenters. The molecule has 3 N–H and O–H groups in total.